The Kier molecular flexibility index (Phi) is 5.40. The lowest BCUT2D eigenvalue weighted by Gasteiger charge is -2.27. The maximum Gasteiger partial charge on any atom is 0.308 e. The van der Waals surface area contributed by atoms with Crippen molar-refractivity contribution < 1.29 is 14.3 Å². The summed E-state index contributed by atoms with van der Waals surface area (Å²) in [5.41, 5.74) is 1.29. The molecular formula is C16H22O3. The summed E-state index contributed by atoms with van der Waals surface area (Å²) in [6, 6.07) is 10.3. The zero-order valence-corrected chi connectivity index (χ0v) is 11.5. The van der Waals surface area contributed by atoms with E-state index in [2.05, 4.69) is 12.1 Å². The molecule has 0 amide bonds. The highest BCUT2D eigenvalue weighted by Gasteiger charge is 2.28. The van der Waals surface area contributed by atoms with Crippen LogP contribution in [-0.2, 0) is 20.7 Å². The number of benzene rings is 1. The molecule has 0 N–H and O–H groups in total. The minimum Gasteiger partial charge on any atom is -0.469 e. The third-order valence-electron chi connectivity index (χ3n) is 3.75. The second-order valence-electron chi connectivity index (χ2n) is 5.12. The van der Waals surface area contributed by atoms with E-state index in [1.165, 1.54) is 12.7 Å². The van der Waals surface area contributed by atoms with Crippen molar-refractivity contribution in [1.29, 1.82) is 0 Å². The van der Waals surface area contributed by atoms with Gasteiger partial charge in [-0.15, -0.1) is 0 Å². The van der Waals surface area contributed by atoms with E-state index in [1.54, 1.807) is 0 Å². The van der Waals surface area contributed by atoms with Crippen LogP contribution in [0.3, 0.4) is 0 Å². The van der Waals surface area contributed by atoms with Crippen LogP contribution in [0, 0.1) is 5.92 Å². The Labute approximate surface area is 114 Å². The molecule has 0 spiro atoms. The summed E-state index contributed by atoms with van der Waals surface area (Å²) in [7, 11) is 1.46. The van der Waals surface area contributed by atoms with Crippen LogP contribution in [0.15, 0.2) is 30.3 Å². The molecular weight excluding hydrogens is 240 g/mol. The molecule has 1 saturated carbocycles. The van der Waals surface area contributed by atoms with Crippen LogP contribution in [0.2, 0.25) is 0 Å². The van der Waals surface area contributed by atoms with Crippen molar-refractivity contribution >= 4 is 5.97 Å². The monoisotopic (exact) mass is 262 g/mol. The van der Waals surface area contributed by atoms with Crippen molar-refractivity contribution in [2.45, 2.75) is 38.2 Å². The number of hydrogen-bond donors (Lipinski definition) is 0. The van der Waals surface area contributed by atoms with Crippen LogP contribution in [0.4, 0.5) is 0 Å². The lowest BCUT2D eigenvalue weighted by Crippen LogP contribution is -2.29. The minimum atomic E-state index is -0.0867. The number of carbonyl (C=O) groups is 1. The van der Waals surface area contributed by atoms with Gasteiger partial charge in [0.1, 0.15) is 0 Å². The predicted octanol–water partition coefficient (Wildman–Crippen LogP) is 2.98. The third-order valence-corrected chi connectivity index (χ3v) is 3.75. The molecule has 104 valence electrons. The molecule has 0 aromatic heterocycles. The molecule has 1 aliphatic carbocycles. The van der Waals surface area contributed by atoms with Gasteiger partial charge in [-0.05, 0) is 31.2 Å². The summed E-state index contributed by atoms with van der Waals surface area (Å²) < 4.78 is 10.7. The highest BCUT2D eigenvalue weighted by Crippen LogP contribution is 2.27. The fourth-order valence-corrected chi connectivity index (χ4v) is 2.67. The molecule has 2 rings (SSSR count). The van der Waals surface area contributed by atoms with Crippen LogP contribution in [0.5, 0.6) is 0 Å². The molecule has 0 unspecified atom stereocenters. The van der Waals surface area contributed by atoms with Crippen molar-refractivity contribution in [3.05, 3.63) is 35.9 Å². The predicted molar refractivity (Wildman–Crippen MR) is 73.9 cm³/mol. The van der Waals surface area contributed by atoms with E-state index in [-0.39, 0.29) is 18.0 Å². The molecule has 0 radical (unpaired) electrons. The highest BCUT2D eigenvalue weighted by atomic mass is 16.5. The normalized spacial score (nSPS) is 23.0. The molecule has 1 aromatic carbocycles. The lowest BCUT2D eigenvalue weighted by atomic mass is 9.87. The quantitative estimate of drug-likeness (QED) is 0.765. The van der Waals surface area contributed by atoms with E-state index in [9.17, 15) is 4.79 Å². The average Bonchev–Trinajstić information content (AvgIpc) is 2.48. The van der Waals surface area contributed by atoms with E-state index < -0.39 is 0 Å². The van der Waals surface area contributed by atoms with Gasteiger partial charge in [0.25, 0.3) is 0 Å². The standard InChI is InChI=1S/C16H22O3/c1-18-16(17)14-8-5-9-15(12-14)19-11-10-13-6-3-2-4-7-13/h2-4,6-7,14-15H,5,8-12H2,1H3/t14-,15-/m0/s1. The van der Waals surface area contributed by atoms with Crippen LogP contribution in [0.25, 0.3) is 0 Å². The van der Waals surface area contributed by atoms with Crippen LogP contribution >= 0.6 is 0 Å². The molecule has 3 nitrogen and oxygen atoms in total. The molecule has 1 fully saturated rings. The van der Waals surface area contributed by atoms with E-state index in [4.69, 9.17) is 9.47 Å². The van der Waals surface area contributed by atoms with E-state index >= 15 is 0 Å². The second-order valence-corrected chi connectivity index (χ2v) is 5.12. The molecule has 0 aliphatic heterocycles. The van der Waals surface area contributed by atoms with Crippen LogP contribution in [-0.4, -0.2) is 25.8 Å². The lowest BCUT2D eigenvalue weighted by molar-refractivity contribution is -0.148. The number of rotatable bonds is 5. The van der Waals surface area contributed by atoms with Crippen molar-refractivity contribution in [3.8, 4) is 0 Å². The average molecular weight is 262 g/mol. The number of hydrogen-bond acceptors (Lipinski definition) is 3. The minimum absolute atomic E-state index is 0.0282. The highest BCUT2D eigenvalue weighted by molar-refractivity contribution is 5.72. The van der Waals surface area contributed by atoms with Crippen molar-refractivity contribution in [1.82, 2.24) is 0 Å². The first-order valence-electron chi connectivity index (χ1n) is 7.03. The summed E-state index contributed by atoms with van der Waals surface area (Å²) in [6.45, 7) is 0.725. The maximum absolute atomic E-state index is 11.5. The Bertz CT molecular complexity index is 388. The molecule has 3 heteroatoms. The zero-order valence-electron chi connectivity index (χ0n) is 11.5. The molecule has 0 bridgehead atoms. The van der Waals surface area contributed by atoms with Gasteiger partial charge < -0.3 is 9.47 Å². The summed E-state index contributed by atoms with van der Waals surface area (Å²) in [4.78, 5) is 11.5. The van der Waals surface area contributed by atoms with Gasteiger partial charge in [0.2, 0.25) is 0 Å². The summed E-state index contributed by atoms with van der Waals surface area (Å²) in [5, 5.41) is 0. The fraction of sp³-hybridized carbons (Fsp3) is 0.562. The van der Waals surface area contributed by atoms with Crippen LogP contribution < -0.4 is 0 Å². The molecule has 1 aliphatic rings. The number of esters is 1. The van der Waals surface area contributed by atoms with Gasteiger partial charge in [0.05, 0.1) is 25.7 Å². The molecule has 0 heterocycles. The molecule has 1 aromatic rings. The van der Waals surface area contributed by atoms with Crippen LogP contribution in [0.1, 0.15) is 31.2 Å². The number of methoxy groups -OCH3 is 1. The first kappa shape index (κ1) is 14.1. The topological polar surface area (TPSA) is 35.5 Å². The Morgan fingerprint density at radius 1 is 1.26 bits per heavy atom. The third kappa shape index (κ3) is 4.35. The van der Waals surface area contributed by atoms with Crippen molar-refractivity contribution in [2.24, 2.45) is 5.92 Å². The van der Waals surface area contributed by atoms with Gasteiger partial charge in [-0.3, -0.25) is 4.79 Å². The maximum atomic E-state index is 11.5. The van der Waals surface area contributed by atoms with Crippen molar-refractivity contribution in [2.75, 3.05) is 13.7 Å². The Balaban J connectivity index is 1.72. The number of carbonyl (C=O) groups excluding carboxylic acids is 1. The van der Waals surface area contributed by atoms with Gasteiger partial charge in [0, 0.05) is 0 Å². The Morgan fingerprint density at radius 2 is 2.05 bits per heavy atom. The zero-order chi connectivity index (χ0) is 13.5. The smallest absolute Gasteiger partial charge is 0.308 e. The Hall–Kier alpha value is -1.35. The summed E-state index contributed by atoms with van der Waals surface area (Å²) in [5.74, 6) is -0.0585. The summed E-state index contributed by atoms with van der Waals surface area (Å²) in [6.07, 6.45) is 4.99. The first-order chi connectivity index (χ1) is 9.29. The second kappa shape index (κ2) is 7.29. The van der Waals surface area contributed by atoms with Crippen molar-refractivity contribution in [3.63, 3.8) is 0 Å². The van der Waals surface area contributed by atoms with Gasteiger partial charge in [-0.1, -0.05) is 36.8 Å². The fourth-order valence-electron chi connectivity index (χ4n) is 2.67. The number of ether oxygens (including phenoxy) is 2. The largest absolute Gasteiger partial charge is 0.469 e. The summed E-state index contributed by atoms with van der Waals surface area (Å²) >= 11 is 0. The first-order valence-corrected chi connectivity index (χ1v) is 7.03. The Morgan fingerprint density at radius 3 is 2.79 bits per heavy atom. The van der Waals surface area contributed by atoms with Gasteiger partial charge in [-0.2, -0.15) is 0 Å². The molecule has 19 heavy (non-hydrogen) atoms. The SMILES string of the molecule is COC(=O)[C@H]1CCC[C@H](OCCc2ccccc2)C1. The van der Waals surface area contributed by atoms with E-state index in [0.29, 0.717) is 0 Å². The molecule has 0 saturated heterocycles. The molecule has 2 atom stereocenters. The van der Waals surface area contributed by atoms with Gasteiger partial charge in [0.15, 0.2) is 0 Å². The van der Waals surface area contributed by atoms with E-state index in [1.807, 2.05) is 18.2 Å². The van der Waals surface area contributed by atoms with Gasteiger partial charge in [-0.25, -0.2) is 0 Å². The van der Waals surface area contributed by atoms with Gasteiger partial charge >= 0.3 is 5.97 Å². The van der Waals surface area contributed by atoms with E-state index in [0.717, 1.165) is 38.7 Å².